The molecule has 1 saturated carbocycles. The summed E-state index contributed by atoms with van der Waals surface area (Å²) in [6.45, 7) is 3.24. The van der Waals surface area contributed by atoms with E-state index in [1.807, 2.05) is 70.2 Å². The van der Waals surface area contributed by atoms with Crippen LogP contribution in [0.3, 0.4) is 0 Å². The number of piperazine rings is 1. The molecule has 1 unspecified atom stereocenters. The molecule has 2 fully saturated rings. The van der Waals surface area contributed by atoms with E-state index in [1.165, 1.54) is 0 Å². The lowest BCUT2D eigenvalue weighted by molar-refractivity contribution is 0.0518. The van der Waals surface area contributed by atoms with Gasteiger partial charge in [0.1, 0.15) is 5.82 Å². The summed E-state index contributed by atoms with van der Waals surface area (Å²) >= 11 is 0. The smallest absolute Gasteiger partial charge is 0.293 e. The third-order valence-corrected chi connectivity index (χ3v) is 6.04. The van der Waals surface area contributed by atoms with Gasteiger partial charge in [0.25, 0.3) is 5.91 Å². The number of hydrogen-bond donors (Lipinski definition) is 1. The minimum atomic E-state index is -0.521. The van der Waals surface area contributed by atoms with E-state index in [4.69, 9.17) is 0 Å². The van der Waals surface area contributed by atoms with Crippen LogP contribution in [0, 0.1) is 0 Å². The second kappa shape index (κ2) is 8.61. The first-order valence-electron chi connectivity index (χ1n) is 11.0. The van der Waals surface area contributed by atoms with Gasteiger partial charge in [0, 0.05) is 38.6 Å². The molecule has 5 rings (SSSR count). The second-order valence-electron chi connectivity index (χ2n) is 8.33. The Morgan fingerprint density at radius 3 is 2.26 bits per heavy atom. The van der Waals surface area contributed by atoms with Gasteiger partial charge in [0.05, 0.1) is 11.8 Å². The molecule has 2 aromatic carbocycles. The molecule has 0 spiro atoms. The first kappa shape index (κ1) is 19.9. The molecule has 160 valence electrons. The van der Waals surface area contributed by atoms with Crippen molar-refractivity contribution >= 4 is 5.91 Å². The molecule has 2 heterocycles. The summed E-state index contributed by atoms with van der Waals surface area (Å²) in [5, 5.41) is 15.1. The normalized spacial score (nSPS) is 18.2. The van der Waals surface area contributed by atoms with Crippen LogP contribution in [0.2, 0.25) is 0 Å². The minimum Gasteiger partial charge on any atom is -0.387 e. The Labute approximate surface area is 181 Å². The molecule has 1 aliphatic heterocycles. The summed E-state index contributed by atoms with van der Waals surface area (Å²) in [5.74, 6) is 1.45. The van der Waals surface area contributed by atoms with E-state index in [1.54, 1.807) is 0 Å². The number of amides is 1. The fourth-order valence-electron chi connectivity index (χ4n) is 4.08. The first-order valence-corrected chi connectivity index (χ1v) is 11.0. The standard InChI is InChI=1S/C24H27N5O2/c30-21(18-7-3-1-4-8-18)17-27-13-15-28(16-14-27)24(31)22-25-23(19-11-12-19)29(26-22)20-9-5-2-6-10-20/h1-10,19,21,30H,11-17H2. The summed E-state index contributed by atoms with van der Waals surface area (Å²) in [7, 11) is 0. The minimum absolute atomic E-state index is 0.111. The van der Waals surface area contributed by atoms with Crippen molar-refractivity contribution < 1.29 is 9.90 Å². The van der Waals surface area contributed by atoms with Gasteiger partial charge in [-0.15, -0.1) is 5.10 Å². The zero-order valence-electron chi connectivity index (χ0n) is 17.5. The molecule has 2 aliphatic rings. The third-order valence-electron chi connectivity index (χ3n) is 6.04. The number of hydrogen-bond acceptors (Lipinski definition) is 5. The van der Waals surface area contributed by atoms with Crippen molar-refractivity contribution in [1.82, 2.24) is 24.6 Å². The van der Waals surface area contributed by atoms with Crippen LogP contribution in [-0.2, 0) is 0 Å². The molecular weight excluding hydrogens is 390 g/mol. The molecule has 0 radical (unpaired) electrons. The van der Waals surface area contributed by atoms with Gasteiger partial charge in [0.2, 0.25) is 5.82 Å². The molecule has 0 bridgehead atoms. The molecule has 1 amide bonds. The van der Waals surface area contributed by atoms with Crippen molar-refractivity contribution in [3.05, 3.63) is 77.9 Å². The van der Waals surface area contributed by atoms with E-state index in [9.17, 15) is 9.90 Å². The van der Waals surface area contributed by atoms with E-state index >= 15 is 0 Å². The van der Waals surface area contributed by atoms with Gasteiger partial charge in [-0.3, -0.25) is 9.69 Å². The molecule has 3 aromatic rings. The summed E-state index contributed by atoms with van der Waals surface area (Å²) in [5.41, 5.74) is 1.86. The van der Waals surface area contributed by atoms with E-state index < -0.39 is 6.10 Å². The van der Waals surface area contributed by atoms with Crippen LogP contribution in [0.5, 0.6) is 0 Å². The van der Waals surface area contributed by atoms with Gasteiger partial charge in [-0.25, -0.2) is 9.67 Å². The largest absolute Gasteiger partial charge is 0.387 e. The van der Waals surface area contributed by atoms with Gasteiger partial charge < -0.3 is 10.0 Å². The number of rotatable bonds is 6. The van der Waals surface area contributed by atoms with E-state index in [-0.39, 0.29) is 11.7 Å². The highest BCUT2D eigenvalue weighted by Gasteiger charge is 2.33. The van der Waals surface area contributed by atoms with Crippen molar-refractivity contribution in [2.45, 2.75) is 24.9 Å². The number of nitrogens with zero attached hydrogens (tertiary/aromatic N) is 5. The molecule has 1 aliphatic carbocycles. The Balaban J connectivity index is 1.24. The topological polar surface area (TPSA) is 74.5 Å². The van der Waals surface area contributed by atoms with E-state index in [2.05, 4.69) is 15.0 Å². The van der Waals surface area contributed by atoms with Gasteiger partial charge in [-0.05, 0) is 30.5 Å². The summed E-state index contributed by atoms with van der Waals surface area (Å²) in [4.78, 5) is 21.8. The number of aliphatic hydroxyl groups is 1. The van der Waals surface area contributed by atoms with Gasteiger partial charge in [0.15, 0.2) is 0 Å². The van der Waals surface area contributed by atoms with Crippen LogP contribution in [0.15, 0.2) is 60.7 Å². The Hall–Kier alpha value is -3.03. The molecule has 1 saturated heterocycles. The Bertz CT molecular complexity index is 1020. The quantitative estimate of drug-likeness (QED) is 0.667. The van der Waals surface area contributed by atoms with E-state index in [0.29, 0.717) is 25.6 Å². The Kier molecular flexibility index (Phi) is 5.53. The van der Waals surface area contributed by atoms with Crippen molar-refractivity contribution in [2.75, 3.05) is 32.7 Å². The van der Waals surface area contributed by atoms with Gasteiger partial charge >= 0.3 is 0 Å². The maximum atomic E-state index is 13.1. The Morgan fingerprint density at radius 1 is 0.968 bits per heavy atom. The van der Waals surface area contributed by atoms with Crippen LogP contribution in [0.1, 0.15) is 46.9 Å². The number of para-hydroxylation sites is 1. The summed E-state index contributed by atoms with van der Waals surface area (Å²) < 4.78 is 1.83. The lowest BCUT2D eigenvalue weighted by Crippen LogP contribution is -2.49. The second-order valence-corrected chi connectivity index (χ2v) is 8.33. The maximum absolute atomic E-state index is 13.1. The molecule has 31 heavy (non-hydrogen) atoms. The number of aromatic nitrogens is 3. The zero-order chi connectivity index (χ0) is 21.2. The number of carbonyl (C=O) groups excluding carboxylic acids is 1. The van der Waals surface area contributed by atoms with Crippen molar-refractivity contribution in [3.8, 4) is 5.69 Å². The fraction of sp³-hybridized carbons (Fsp3) is 0.375. The fourth-order valence-corrected chi connectivity index (χ4v) is 4.08. The van der Waals surface area contributed by atoms with Gasteiger partial charge in [-0.1, -0.05) is 48.5 Å². The molecular formula is C24H27N5O2. The summed E-state index contributed by atoms with van der Waals surface area (Å²) in [6, 6.07) is 19.6. The predicted octanol–water partition coefficient (Wildman–Crippen LogP) is 2.64. The number of carbonyl (C=O) groups is 1. The molecule has 1 aromatic heterocycles. The van der Waals surface area contributed by atoms with Crippen LogP contribution in [0.4, 0.5) is 0 Å². The lowest BCUT2D eigenvalue weighted by atomic mass is 10.1. The average Bonchev–Trinajstić information content (AvgIpc) is 3.58. The van der Waals surface area contributed by atoms with E-state index in [0.717, 1.165) is 43.0 Å². The number of β-amino-alcohol motifs (C(OH)–C–C–N with tert-alkyl or cyclic N) is 1. The lowest BCUT2D eigenvalue weighted by Gasteiger charge is -2.35. The SMILES string of the molecule is O=C(c1nc(C2CC2)n(-c2ccccc2)n1)N1CCN(CC(O)c2ccccc2)CC1. The van der Waals surface area contributed by atoms with Crippen LogP contribution < -0.4 is 0 Å². The van der Waals surface area contributed by atoms with Crippen molar-refractivity contribution in [2.24, 2.45) is 0 Å². The van der Waals surface area contributed by atoms with Crippen LogP contribution in [0.25, 0.3) is 5.69 Å². The van der Waals surface area contributed by atoms with Crippen LogP contribution in [-0.4, -0.2) is 68.3 Å². The van der Waals surface area contributed by atoms with Crippen molar-refractivity contribution in [1.29, 1.82) is 0 Å². The number of benzene rings is 2. The highest BCUT2D eigenvalue weighted by Crippen LogP contribution is 2.39. The molecule has 1 N–H and O–H groups in total. The van der Waals surface area contributed by atoms with Crippen LogP contribution >= 0.6 is 0 Å². The number of aliphatic hydroxyl groups excluding tert-OH is 1. The maximum Gasteiger partial charge on any atom is 0.293 e. The van der Waals surface area contributed by atoms with Crippen molar-refractivity contribution in [3.63, 3.8) is 0 Å². The third kappa shape index (κ3) is 4.38. The predicted molar refractivity (Wildman–Crippen MR) is 117 cm³/mol. The molecule has 1 atom stereocenters. The highest BCUT2D eigenvalue weighted by atomic mass is 16.3. The Morgan fingerprint density at radius 2 is 1.61 bits per heavy atom. The first-order chi connectivity index (χ1) is 15.2. The molecule has 7 heteroatoms. The zero-order valence-corrected chi connectivity index (χ0v) is 17.5. The van der Waals surface area contributed by atoms with Gasteiger partial charge in [-0.2, -0.15) is 0 Å². The summed E-state index contributed by atoms with van der Waals surface area (Å²) in [6.07, 6.45) is 1.68. The highest BCUT2D eigenvalue weighted by molar-refractivity contribution is 5.90. The average molecular weight is 418 g/mol. The monoisotopic (exact) mass is 417 g/mol. The molecule has 7 nitrogen and oxygen atoms in total.